The molecule has 0 spiro atoms. The number of halogens is 1. The molecule has 0 saturated heterocycles. The summed E-state index contributed by atoms with van der Waals surface area (Å²) < 4.78 is 19.0. The number of hydrogen-bond acceptors (Lipinski definition) is 3. The van der Waals surface area contributed by atoms with Gasteiger partial charge in [-0.15, -0.1) is 10.2 Å². The molecule has 0 aliphatic rings. The van der Waals surface area contributed by atoms with Gasteiger partial charge < -0.3 is 4.74 Å². The van der Waals surface area contributed by atoms with E-state index in [9.17, 15) is 4.39 Å². The van der Waals surface area contributed by atoms with Crippen LogP contribution in [0.25, 0.3) is 5.76 Å². The summed E-state index contributed by atoms with van der Waals surface area (Å²) in [6, 6.07) is 1.46. The molecule has 3 nitrogen and oxygen atoms in total. The van der Waals surface area contributed by atoms with Crippen LogP contribution in [0.5, 0.6) is 0 Å². The van der Waals surface area contributed by atoms with Crippen LogP contribution in [0.15, 0.2) is 12.6 Å². The van der Waals surface area contributed by atoms with Gasteiger partial charge in [0, 0.05) is 5.56 Å². The van der Waals surface area contributed by atoms with Crippen LogP contribution in [-0.2, 0) is 10.4 Å². The Morgan fingerprint density at radius 3 is 2.87 bits per heavy atom. The molecule has 1 rings (SSSR count). The van der Waals surface area contributed by atoms with Gasteiger partial charge >= 0.3 is 0 Å². The zero-order chi connectivity index (χ0) is 11.5. The normalized spacial score (nSPS) is 11.2. The fourth-order valence-electron chi connectivity index (χ4n) is 1.20. The third-order valence-corrected chi connectivity index (χ3v) is 1.89. The lowest BCUT2D eigenvalue weighted by Gasteiger charge is -2.18. The van der Waals surface area contributed by atoms with E-state index in [0.717, 1.165) is 0 Å². The van der Waals surface area contributed by atoms with Crippen molar-refractivity contribution in [1.29, 1.82) is 0 Å². The number of ether oxygens (including phenoxy) is 1. The summed E-state index contributed by atoms with van der Waals surface area (Å²) in [5.41, 5.74) is -0.777. The Morgan fingerprint density at radius 2 is 2.33 bits per heavy atom. The van der Waals surface area contributed by atoms with Crippen molar-refractivity contribution in [2.45, 2.75) is 26.4 Å². The van der Waals surface area contributed by atoms with E-state index in [2.05, 4.69) is 23.0 Å². The fourth-order valence-corrected chi connectivity index (χ4v) is 1.20. The second-order valence-electron chi connectivity index (χ2n) is 3.56. The molecule has 0 aromatic carbocycles. The standard InChI is InChI=1S/C11H14FN2O/c1-5-15-8(2)10-9(11(3,4)12)6-7-13-14-10/h6H,2,5H2,1,3-4H3. The Kier molecular flexibility index (Phi) is 3.39. The highest BCUT2D eigenvalue weighted by Gasteiger charge is 2.25. The Bertz CT molecular complexity index is 358. The predicted molar refractivity (Wildman–Crippen MR) is 55.7 cm³/mol. The highest BCUT2D eigenvalue weighted by molar-refractivity contribution is 5.57. The number of alkyl halides is 1. The molecular weight excluding hydrogens is 195 g/mol. The molecule has 0 aliphatic carbocycles. The molecule has 0 saturated carbocycles. The summed E-state index contributed by atoms with van der Waals surface area (Å²) in [7, 11) is 0. The first-order valence-electron chi connectivity index (χ1n) is 4.72. The first-order chi connectivity index (χ1) is 6.96. The lowest BCUT2D eigenvalue weighted by Crippen LogP contribution is -2.14. The summed E-state index contributed by atoms with van der Waals surface area (Å²) in [6.07, 6.45) is 2.51. The molecule has 1 aromatic rings. The van der Waals surface area contributed by atoms with E-state index in [1.165, 1.54) is 19.9 Å². The largest absolute Gasteiger partial charge is 0.492 e. The minimum Gasteiger partial charge on any atom is -0.492 e. The molecule has 0 amide bonds. The van der Waals surface area contributed by atoms with Gasteiger partial charge in [-0.2, -0.15) is 0 Å². The molecular formula is C11H14FN2O. The molecule has 4 heteroatoms. The number of rotatable bonds is 4. The second-order valence-corrected chi connectivity index (χ2v) is 3.56. The minimum atomic E-state index is -1.51. The van der Waals surface area contributed by atoms with Crippen LogP contribution in [0, 0.1) is 6.20 Å². The van der Waals surface area contributed by atoms with Crippen LogP contribution in [0.1, 0.15) is 32.0 Å². The maximum Gasteiger partial charge on any atom is 0.140 e. The molecule has 0 atom stereocenters. The van der Waals surface area contributed by atoms with Crippen molar-refractivity contribution in [3.05, 3.63) is 30.1 Å². The SMILES string of the molecule is C=C(OCC)c1nn[c]cc1C(C)(C)F. The summed E-state index contributed by atoms with van der Waals surface area (Å²) in [5, 5.41) is 7.37. The Labute approximate surface area is 89.0 Å². The highest BCUT2D eigenvalue weighted by atomic mass is 19.1. The van der Waals surface area contributed by atoms with Gasteiger partial charge in [0.15, 0.2) is 0 Å². The van der Waals surface area contributed by atoms with Gasteiger partial charge in [0.2, 0.25) is 0 Å². The van der Waals surface area contributed by atoms with Crippen LogP contribution in [0.4, 0.5) is 4.39 Å². The van der Waals surface area contributed by atoms with Crippen molar-refractivity contribution in [2.24, 2.45) is 0 Å². The van der Waals surface area contributed by atoms with E-state index in [4.69, 9.17) is 4.74 Å². The molecule has 0 bridgehead atoms. The van der Waals surface area contributed by atoms with Gasteiger partial charge in [0.25, 0.3) is 0 Å². The number of nitrogens with zero attached hydrogens (tertiary/aromatic N) is 2. The summed E-state index contributed by atoms with van der Waals surface area (Å²) in [4.78, 5) is 0. The topological polar surface area (TPSA) is 35.0 Å². The molecule has 81 valence electrons. The van der Waals surface area contributed by atoms with Gasteiger partial charge in [0.05, 0.1) is 6.61 Å². The summed E-state index contributed by atoms with van der Waals surface area (Å²) in [5.74, 6) is 0.333. The van der Waals surface area contributed by atoms with Gasteiger partial charge in [-0.05, 0) is 26.8 Å². The van der Waals surface area contributed by atoms with E-state index in [1.54, 1.807) is 0 Å². The molecule has 1 heterocycles. The quantitative estimate of drug-likeness (QED) is 0.714. The molecule has 0 unspecified atom stereocenters. The van der Waals surface area contributed by atoms with Gasteiger partial charge in [-0.3, -0.25) is 0 Å². The molecule has 1 radical (unpaired) electrons. The third kappa shape index (κ3) is 2.75. The summed E-state index contributed by atoms with van der Waals surface area (Å²) >= 11 is 0. The van der Waals surface area contributed by atoms with E-state index in [0.29, 0.717) is 23.6 Å². The molecule has 0 aliphatic heterocycles. The van der Waals surface area contributed by atoms with Crippen LogP contribution in [0.2, 0.25) is 0 Å². The van der Waals surface area contributed by atoms with E-state index in [1.807, 2.05) is 6.92 Å². The smallest absolute Gasteiger partial charge is 0.140 e. The van der Waals surface area contributed by atoms with Crippen molar-refractivity contribution in [1.82, 2.24) is 10.2 Å². The maximum atomic E-state index is 13.8. The fraction of sp³-hybridized carbons (Fsp3) is 0.455. The average molecular weight is 209 g/mol. The molecule has 1 aromatic heterocycles. The third-order valence-electron chi connectivity index (χ3n) is 1.89. The number of aromatic nitrogens is 2. The average Bonchev–Trinajstić information content (AvgIpc) is 2.17. The highest BCUT2D eigenvalue weighted by Crippen LogP contribution is 2.29. The van der Waals surface area contributed by atoms with Gasteiger partial charge in [-0.1, -0.05) is 6.58 Å². The van der Waals surface area contributed by atoms with Gasteiger partial charge in [0.1, 0.15) is 23.3 Å². The number of hydrogen-bond donors (Lipinski definition) is 0. The minimum absolute atomic E-state index is 0.333. The van der Waals surface area contributed by atoms with Crippen LogP contribution in [-0.4, -0.2) is 16.8 Å². The zero-order valence-electron chi connectivity index (χ0n) is 9.17. The zero-order valence-corrected chi connectivity index (χ0v) is 9.17. The Balaban J connectivity index is 3.12. The van der Waals surface area contributed by atoms with Crippen LogP contribution < -0.4 is 0 Å². The summed E-state index contributed by atoms with van der Waals surface area (Å²) in [6.45, 7) is 8.86. The van der Waals surface area contributed by atoms with Crippen molar-refractivity contribution >= 4 is 5.76 Å². The first kappa shape index (κ1) is 11.6. The Hall–Kier alpha value is -1.45. The lowest BCUT2D eigenvalue weighted by atomic mass is 9.98. The van der Waals surface area contributed by atoms with Crippen molar-refractivity contribution in [3.8, 4) is 0 Å². The van der Waals surface area contributed by atoms with Crippen molar-refractivity contribution in [2.75, 3.05) is 6.61 Å². The van der Waals surface area contributed by atoms with Crippen LogP contribution in [0.3, 0.4) is 0 Å². The first-order valence-corrected chi connectivity index (χ1v) is 4.72. The monoisotopic (exact) mass is 209 g/mol. The predicted octanol–water partition coefficient (Wildman–Crippen LogP) is 2.49. The van der Waals surface area contributed by atoms with Gasteiger partial charge in [-0.25, -0.2) is 4.39 Å². The lowest BCUT2D eigenvalue weighted by molar-refractivity contribution is 0.217. The van der Waals surface area contributed by atoms with E-state index >= 15 is 0 Å². The Morgan fingerprint density at radius 1 is 1.67 bits per heavy atom. The molecule has 15 heavy (non-hydrogen) atoms. The van der Waals surface area contributed by atoms with Crippen LogP contribution >= 0.6 is 0 Å². The second kappa shape index (κ2) is 4.38. The molecule has 0 fully saturated rings. The van der Waals surface area contributed by atoms with Crippen molar-refractivity contribution < 1.29 is 9.13 Å². The maximum absolute atomic E-state index is 13.8. The molecule has 0 N–H and O–H groups in total. The van der Waals surface area contributed by atoms with Crippen molar-refractivity contribution in [3.63, 3.8) is 0 Å². The van der Waals surface area contributed by atoms with E-state index in [-0.39, 0.29) is 0 Å². The van der Waals surface area contributed by atoms with E-state index < -0.39 is 5.67 Å².